The average Bonchev–Trinajstić information content (AvgIpc) is 2.15. The van der Waals surface area contributed by atoms with Gasteiger partial charge in [-0.25, -0.2) is 0 Å². The van der Waals surface area contributed by atoms with Crippen molar-refractivity contribution < 1.29 is 9.90 Å². The normalized spacial score (nSPS) is 34.7. The second kappa shape index (κ2) is 4.74. The zero-order chi connectivity index (χ0) is 10.6. The first-order valence-electron chi connectivity index (χ1n) is 5.43. The van der Waals surface area contributed by atoms with Crippen LogP contribution in [0.1, 0.15) is 45.4 Å². The van der Waals surface area contributed by atoms with Gasteiger partial charge in [0.1, 0.15) is 5.78 Å². The molecule has 0 aromatic rings. The Bertz CT molecular complexity index is 222. The molecule has 0 aliphatic heterocycles. The van der Waals surface area contributed by atoms with Crippen LogP contribution < -0.4 is 0 Å². The Morgan fingerprint density at radius 3 is 2.93 bits per heavy atom. The lowest BCUT2D eigenvalue weighted by molar-refractivity contribution is -0.135. The molecule has 1 aliphatic rings. The number of carbonyl (C=O) groups is 1. The first kappa shape index (κ1) is 11.4. The maximum Gasteiger partial charge on any atom is 0.141 e. The number of hydrogen-bond acceptors (Lipinski definition) is 2. The Kier molecular flexibility index (Phi) is 3.87. The van der Waals surface area contributed by atoms with E-state index in [4.69, 9.17) is 0 Å². The summed E-state index contributed by atoms with van der Waals surface area (Å²) in [5.41, 5.74) is -0.581. The van der Waals surface area contributed by atoms with Crippen molar-refractivity contribution in [3.63, 3.8) is 0 Å². The van der Waals surface area contributed by atoms with Crippen molar-refractivity contribution in [3.05, 3.63) is 12.7 Å². The Morgan fingerprint density at radius 2 is 2.29 bits per heavy atom. The summed E-state index contributed by atoms with van der Waals surface area (Å²) in [5.74, 6) is 0.199. The van der Waals surface area contributed by atoms with E-state index in [1.807, 2.05) is 6.92 Å². The summed E-state index contributed by atoms with van der Waals surface area (Å²) in [4.78, 5) is 11.9. The van der Waals surface area contributed by atoms with E-state index in [2.05, 4.69) is 6.58 Å². The maximum atomic E-state index is 11.9. The van der Waals surface area contributed by atoms with Gasteiger partial charge in [0.2, 0.25) is 0 Å². The van der Waals surface area contributed by atoms with E-state index in [1.165, 1.54) is 0 Å². The molecule has 1 aliphatic carbocycles. The molecular formula is C12H20O2. The quantitative estimate of drug-likeness (QED) is 0.689. The molecule has 0 unspecified atom stereocenters. The summed E-state index contributed by atoms with van der Waals surface area (Å²) in [6, 6.07) is 0. The van der Waals surface area contributed by atoms with Crippen molar-refractivity contribution >= 4 is 5.78 Å². The van der Waals surface area contributed by atoms with Crippen LogP contribution in [0.5, 0.6) is 0 Å². The Labute approximate surface area is 86.0 Å². The van der Waals surface area contributed by atoms with Crippen molar-refractivity contribution in [3.8, 4) is 0 Å². The van der Waals surface area contributed by atoms with Gasteiger partial charge in [-0.15, -0.1) is 6.58 Å². The lowest BCUT2D eigenvalue weighted by Gasteiger charge is -2.34. The summed E-state index contributed by atoms with van der Waals surface area (Å²) in [6.45, 7) is 5.53. The highest BCUT2D eigenvalue weighted by Crippen LogP contribution is 2.34. The van der Waals surface area contributed by atoms with Gasteiger partial charge in [0.05, 0.1) is 11.5 Å². The van der Waals surface area contributed by atoms with Crippen LogP contribution in [0.2, 0.25) is 0 Å². The minimum Gasteiger partial charge on any atom is -0.392 e. The number of hydrogen-bond donors (Lipinski definition) is 1. The molecule has 1 rings (SSSR count). The molecule has 2 heteroatoms. The number of ketones is 1. The van der Waals surface area contributed by atoms with Crippen LogP contribution in [0.4, 0.5) is 0 Å². The van der Waals surface area contributed by atoms with E-state index < -0.39 is 11.5 Å². The van der Waals surface area contributed by atoms with E-state index in [-0.39, 0.29) is 5.78 Å². The summed E-state index contributed by atoms with van der Waals surface area (Å²) in [6.07, 6.45) is 6.26. The van der Waals surface area contributed by atoms with Crippen LogP contribution in [0.15, 0.2) is 12.7 Å². The Morgan fingerprint density at radius 1 is 1.57 bits per heavy atom. The molecule has 80 valence electrons. The third-order valence-electron chi connectivity index (χ3n) is 3.32. The van der Waals surface area contributed by atoms with E-state index in [9.17, 15) is 9.90 Å². The van der Waals surface area contributed by atoms with Crippen molar-refractivity contribution in [2.75, 3.05) is 0 Å². The van der Waals surface area contributed by atoms with Gasteiger partial charge in [-0.3, -0.25) is 4.79 Å². The molecule has 1 saturated carbocycles. The fraction of sp³-hybridized carbons (Fsp3) is 0.750. The van der Waals surface area contributed by atoms with Crippen LogP contribution in [-0.4, -0.2) is 17.0 Å². The third-order valence-corrected chi connectivity index (χ3v) is 3.32. The zero-order valence-electron chi connectivity index (χ0n) is 8.96. The maximum absolute atomic E-state index is 11.9. The van der Waals surface area contributed by atoms with Gasteiger partial charge in [-0.05, 0) is 26.2 Å². The first-order chi connectivity index (χ1) is 6.61. The number of Topliss-reactive ketones (excluding diaryl/α,β-unsaturated/α-hetero) is 1. The molecule has 1 N–H and O–H groups in total. The molecule has 1 fully saturated rings. The lowest BCUT2D eigenvalue weighted by atomic mass is 9.72. The van der Waals surface area contributed by atoms with Gasteiger partial charge in [-0.2, -0.15) is 0 Å². The Hall–Kier alpha value is -0.630. The molecule has 0 aromatic heterocycles. The highest BCUT2D eigenvalue weighted by Gasteiger charge is 2.38. The third kappa shape index (κ3) is 2.24. The molecule has 2 atom stereocenters. The summed E-state index contributed by atoms with van der Waals surface area (Å²) in [7, 11) is 0. The smallest absolute Gasteiger partial charge is 0.141 e. The summed E-state index contributed by atoms with van der Waals surface area (Å²) in [5, 5.41) is 9.97. The van der Waals surface area contributed by atoms with Gasteiger partial charge in [0.25, 0.3) is 0 Å². The molecule has 0 saturated heterocycles. The van der Waals surface area contributed by atoms with Crippen LogP contribution >= 0.6 is 0 Å². The largest absolute Gasteiger partial charge is 0.392 e. The second-order valence-electron chi connectivity index (χ2n) is 4.45. The molecule has 0 amide bonds. The molecule has 0 heterocycles. The van der Waals surface area contributed by atoms with Crippen molar-refractivity contribution in [2.45, 2.75) is 51.6 Å². The Balaban J connectivity index is 2.80. The number of rotatable bonds is 2. The van der Waals surface area contributed by atoms with Gasteiger partial charge in [0.15, 0.2) is 0 Å². The molecule has 0 spiro atoms. The predicted molar refractivity (Wildman–Crippen MR) is 57.0 cm³/mol. The number of aliphatic hydroxyl groups excluding tert-OH is 1. The fourth-order valence-corrected chi connectivity index (χ4v) is 2.14. The zero-order valence-corrected chi connectivity index (χ0v) is 8.96. The second-order valence-corrected chi connectivity index (χ2v) is 4.45. The molecule has 0 radical (unpaired) electrons. The van der Waals surface area contributed by atoms with Crippen molar-refractivity contribution in [1.82, 2.24) is 0 Å². The van der Waals surface area contributed by atoms with E-state index in [0.29, 0.717) is 12.8 Å². The number of aliphatic hydroxyl groups is 1. The van der Waals surface area contributed by atoms with E-state index in [1.54, 1.807) is 6.08 Å². The molecule has 2 nitrogen and oxygen atoms in total. The van der Waals surface area contributed by atoms with Gasteiger partial charge in [0, 0.05) is 6.42 Å². The van der Waals surface area contributed by atoms with Crippen LogP contribution in [0, 0.1) is 5.41 Å². The molecule has 0 bridgehead atoms. The van der Waals surface area contributed by atoms with Crippen molar-refractivity contribution in [1.29, 1.82) is 0 Å². The lowest BCUT2D eigenvalue weighted by Crippen LogP contribution is -2.40. The van der Waals surface area contributed by atoms with Crippen molar-refractivity contribution in [2.24, 2.45) is 5.41 Å². The monoisotopic (exact) mass is 196 g/mol. The fourth-order valence-electron chi connectivity index (χ4n) is 2.14. The van der Waals surface area contributed by atoms with Crippen LogP contribution in [0.25, 0.3) is 0 Å². The van der Waals surface area contributed by atoms with Crippen LogP contribution in [0.3, 0.4) is 0 Å². The molecule has 14 heavy (non-hydrogen) atoms. The number of allylic oxidation sites excluding steroid dienone is 1. The standard InChI is InChI=1S/C12H20O2/c1-3-9-12(2)10(13)7-5-4-6-8-11(12)14/h3,10,13H,1,4-9H2,2H3/t10-,12+/m0/s1. The predicted octanol–water partition coefficient (Wildman–Crippen LogP) is 2.46. The molecule has 0 aromatic carbocycles. The van der Waals surface area contributed by atoms with Gasteiger partial charge < -0.3 is 5.11 Å². The van der Waals surface area contributed by atoms with E-state index in [0.717, 1.165) is 25.7 Å². The highest BCUT2D eigenvalue weighted by atomic mass is 16.3. The highest BCUT2D eigenvalue weighted by molar-refractivity contribution is 5.85. The summed E-state index contributed by atoms with van der Waals surface area (Å²) < 4.78 is 0. The van der Waals surface area contributed by atoms with Gasteiger partial charge in [-0.1, -0.05) is 18.9 Å². The average molecular weight is 196 g/mol. The van der Waals surface area contributed by atoms with Crippen LogP contribution in [-0.2, 0) is 4.79 Å². The topological polar surface area (TPSA) is 37.3 Å². The molecular weight excluding hydrogens is 176 g/mol. The minimum absolute atomic E-state index is 0.199. The summed E-state index contributed by atoms with van der Waals surface area (Å²) >= 11 is 0. The first-order valence-corrected chi connectivity index (χ1v) is 5.43. The van der Waals surface area contributed by atoms with Gasteiger partial charge >= 0.3 is 0 Å². The SMILES string of the molecule is C=CC[C@@]1(C)C(=O)CCCCC[C@@H]1O. The number of carbonyl (C=O) groups excluding carboxylic acids is 1. The minimum atomic E-state index is -0.581. The van der Waals surface area contributed by atoms with E-state index >= 15 is 0 Å².